The van der Waals surface area contributed by atoms with Crippen LogP contribution in [0, 0.1) is 5.92 Å². The molecule has 0 spiro atoms. The quantitative estimate of drug-likeness (QED) is 0.687. The Kier molecular flexibility index (Phi) is 4.37. The SMILES string of the molecule is C[C](C)CN1CC(c2ccc3c(ccn3S(=O)(=O)c3ccccc3)c2)C1. The van der Waals surface area contributed by atoms with E-state index in [9.17, 15) is 8.42 Å². The molecule has 1 fully saturated rings. The minimum atomic E-state index is -3.56. The number of benzene rings is 2. The minimum Gasteiger partial charge on any atom is -0.301 e. The van der Waals surface area contributed by atoms with Gasteiger partial charge in [-0.1, -0.05) is 38.1 Å². The third kappa shape index (κ3) is 3.06. The molecule has 0 N–H and O–H groups in total. The molecule has 2 heterocycles. The van der Waals surface area contributed by atoms with E-state index in [2.05, 4.69) is 30.9 Å². The molecule has 0 amide bonds. The van der Waals surface area contributed by atoms with Crippen LogP contribution in [-0.4, -0.2) is 36.9 Å². The highest BCUT2D eigenvalue weighted by Crippen LogP contribution is 2.31. The van der Waals surface area contributed by atoms with E-state index in [-0.39, 0.29) is 0 Å². The summed E-state index contributed by atoms with van der Waals surface area (Å²) in [4.78, 5) is 2.75. The van der Waals surface area contributed by atoms with Gasteiger partial charge in [0.05, 0.1) is 10.4 Å². The van der Waals surface area contributed by atoms with Crippen molar-refractivity contribution >= 4 is 20.9 Å². The zero-order valence-electron chi connectivity index (χ0n) is 15.1. The van der Waals surface area contributed by atoms with E-state index in [1.165, 1.54) is 15.5 Å². The average Bonchev–Trinajstić information content (AvgIpc) is 3.02. The first-order valence-corrected chi connectivity index (χ1v) is 10.3. The topological polar surface area (TPSA) is 42.3 Å². The lowest BCUT2D eigenvalue weighted by atomic mass is 9.90. The van der Waals surface area contributed by atoms with Gasteiger partial charge in [0.1, 0.15) is 0 Å². The summed E-state index contributed by atoms with van der Waals surface area (Å²) in [6, 6.07) is 16.6. The van der Waals surface area contributed by atoms with Crippen molar-refractivity contribution in [2.45, 2.75) is 24.7 Å². The fraction of sp³-hybridized carbons (Fsp3) is 0.286. The third-order valence-electron chi connectivity index (χ3n) is 4.95. The van der Waals surface area contributed by atoms with E-state index < -0.39 is 10.0 Å². The van der Waals surface area contributed by atoms with Crippen LogP contribution in [0.15, 0.2) is 65.7 Å². The molecule has 0 bridgehead atoms. The highest BCUT2D eigenvalue weighted by Gasteiger charge is 2.28. The Bertz CT molecular complexity index is 1020. The van der Waals surface area contributed by atoms with Gasteiger partial charge in [-0.25, -0.2) is 12.4 Å². The molecule has 1 aliphatic heterocycles. The van der Waals surface area contributed by atoms with E-state index in [0.717, 1.165) is 30.5 Å². The Morgan fingerprint density at radius 1 is 1.04 bits per heavy atom. The van der Waals surface area contributed by atoms with Gasteiger partial charge in [0, 0.05) is 37.1 Å². The van der Waals surface area contributed by atoms with Crippen LogP contribution in [0.4, 0.5) is 0 Å². The van der Waals surface area contributed by atoms with Crippen molar-refractivity contribution in [2.24, 2.45) is 0 Å². The summed E-state index contributed by atoms with van der Waals surface area (Å²) < 4.78 is 27.2. The molecule has 1 radical (unpaired) electrons. The Balaban J connectivity index is 1.61. The predicted octanol–water partition coefficient (Wildman–Crippen LogP) is 3.89. The van der Waals surface area contributed by atoms with Gasteiger partial charge in [0.15, 0.2) is 0 Å². The van der Waals surface area contributed by atoms with Crippen molar-refractivity contribution in [2.75, 3.05) is 19.6 Å². The number of hydrogen-bond donors (Lipinski definition) is 0. The first-order chi connectivity index (χ1) is 12.4. The van der Waals surface area contributed by atoms with E-state index >= 15 is 0 Å². The van der Waals surface area contributed by atoms with Crippen LogP contribution in [-0.2, 0) is 10.0 Å². The molecule has 1 aromatic heterocycles. The van der Waals surface area contributed by atoms with Gasteiger partial charge in [-0.3, -0.25) is 0 Å². The number of aromatic nitrogens is 1. The van der Waals surface area contributed by atoms with Crippen LogP contribution >= 0.6 is 0 Å². The molecule has 26 heavy (non-hydrogen) atoms. The Morgan fingerprint density at radius 3 is 2.46 bits per heavy atom. The molecule has 1 aliphatic rings. The summed E-state index contributed by atoms with van der Waals surface area (Å²) >= 11 is 0. The maximum Gasteiger partial charge on any atom is 0.268 e. The predicted molar refractivity (Wildman–Crippen MR) is 105 cm³/mol. The Labute approximate surface area is 155 Å². The molecule has 0 saturated carbocycles. The molecule has 0 aliphatic carbocycles. The highest BCUT2D eigenvalue weighted by molar-refractivity contribution is 7.90. The largest absolute Gasteiger partial charge is 0.301 e. The smallest absolute Gasteiger partial charge is 0.268 e. The van der Waals surface area contributed by atoms with Crippen molar-refractivity contribution in [1.82, 2.24) is 8.87 Å². The van der Waals surface area contributed by atoms with Crippen LogP contribution < -0.4 is 0 Å². The standard InChI is InChI=1S/C21H23N2O2S/c1-16(2)13-22-14-19(15-22)17-8-9-21-18(12-17)10-11-23(21)26(24,25)20-6-4-3-5-7-20/h3-12,19H,13-15H2,1-2H3. The number of fused-ring (bicyclic) bond motifs is 1. The van der Waals surface area contributed by atoms with E-state index in [0.29, 0.717) is 10.8 Å². The lowest BCUT2D eigenvalue weighted by Gasteiger charge is -2.40. The molecular formula is C21H23N2O2S. The van der Waals surface area contributed by atoms with Gasteiger partial charge < -0.3 is 4.90 Å². The number of likely N-dealkylation sites (tertiary alicyclic amines) is 1. The first kappa shape index (κ1) is 17.3. The summed E-state index contributed by atoms with van der Waals surface area (Å²) in [6.07, 6.45) is 1.65. The third-order valence-corrected chi connectivity index (χ3v) is 6.65. The fourth-order valence-corrected chi connectivity index (χ4v) is 5.04. The van der Waals surface area contributed by atoms with Crippen molar-refractivity contribution < 1.29 is 8.42 Å². The van der Waals surface area contributed by atoms with Gasteiger partial charge in [0.2, 0.25) is 0 Å². The molecule has 4 rings (SSSR count). The monoisotopic (exact) mass is 367 g/mol. The van der Waals surface area contributed by atoms with Crippen LogP contribution in [0.25, 0.3) is 10.9 Å². The van der Waals surface area contributed by atoms with Crippen LogP contribution in [0.1, 0.15) is 25.3 Å². The maximum absolute atomic E-state index is 12.9. The van der Waals surface area contributed by atoms with Crippen molar-refractivity contribution in [1.29, 1.82) is 0 Å². The summed E-state index contributed by atoms with van der Waals surface area (Å²) in [5.41, 5.74) is 2.02. The number of nitrogens with zero attached hydrogens (tertiary/aromatic N) is 2. The fourth-order valence-electron chi connectivity index (χ4n) is 3.66. The molecule has 135 valence electrons. The molecular weight excluding hydrogens is 344 g/mol. The molecule has 3 aromatic rings. The van der Waals surface area contributed by atoms with Crippen LogP contribution in [0.5, 0.6) is 0 Å². The first-order valence-electron chi connectivity index (χ1n) is 8.88. The van der Waals surface area contributed by atoms with E-state index in [1.807, 2.05) is 18.2 Å². The minimum absolute atomic E-state index is 0.308. The second-order valence-corrected chi connectivity index (χ2v) is 9.16. The van der Waals surface area contributed by atoms with Crippen LogP contribution in [0.3, 0.4) is 0 Å². The second-order valence-electron chi connectivity index (χ2n) is 7.35. The molecule has 5 heteroatoms. The van der Waals surface area contributed by atoms with E-state index in [1.54, 1.807) is 30.5 Å². The lowest BCUT2D eigenvalue weighted by Crippen LogP contribution is -2.46. The number of hydrogen-bond acceptors (Lipinski definition) is 3. The highest BCUT2D eigenvalue weighted by atomic mass is 32.2. The zero-order valence-corrected chi connectivity index (χ0v) is 15.9. The average molecular weight is 367 g/mol. The van der Waals surface area contributed by atoms with Gasteiger partial charge >= 0.3 is 0 Å². The lowest BCUT2D eigenvalue weighted by molar-refractivity contribution is 0.155. The summed E-state index contributed by atoms with van der Waals surface area (Å²) in [6.45, 7) is 7.52. The molecule has 1 saturated heterocycles. The van der Waals surface area contributed by atoms with Gasteiger partial charge in [0.25, 0.3) is 10.0 Å². The van der Waals surface area contributed by atoms with Crippen LogP contribution in [0.2, 0.25) is 0 Å². The molecule has 0 atom stereocenters. The second kappa shape index (κ2) is 6.56. The molecule has 2 aromatic carbocycles. The summed E-state index contributed by atoms with van der Waals surface area (Å²) in [5, 5.41) is 0.971. The van der Waals surface area contributed by atoms with Crippen molar-refractivity contribution in [3.63, 3.8) is 0 Å². The molecule has 0 unspecified atom stereocenters. The summed E-state index contributed by atoms with van der Waals surface area (Å²) in [7, 11) is -3.56. The Hall–Kier alpha value is -2.11. The van der Waals surface area contributed by atoms with Crippen molar-refractivity contribution in [3.05, 3.63) is 72.3 Å². The maximum atomic E-state index is 12.9. The van der Waals surface area contributed by atoms with Crippen molar-refractivity contribution in [3.8, 4) is 0 Å². The zero-order chi connectivity index (χ0) is 18.3. The van der Waals surface area contributed by atoms with Gasteiger partial charge in [-0.2, -0.15) is 0 Å². The summed E-state index contributed by atoms with van der Waals surface area (Å²) in [5.74, 6) is 1.97. The molecule has 4 nitrogen and oxygen atoms in total. The van der Waals surface area contributed by atoms with E-state index in [4.69, 9.17) is 0 Å². The van der Waals surface area contributed by atoms with Gasteiger partial charge in [-0.05, 0) is 41.8 Å². The normalized spacial score (nSPS) is 16.3. The van der Waals surface area contributed by atoms with Gasteiger partial charge in [-0.15, -0.1) is 0 Å². The number of rotatable bonds is 5. The Morgan fingerprint density at radius 2 is 1.77 bits per heavy atom.